The van der Waals surface area contributed by atoms with Crippen LogP contribution < -0.4 is 10.9 Å². The molecule has 0 unspecified atom stereocenters. The first-order valence-corrected chi connectivity index (χ1v) is 10.1. The van der Waals surface area contributed by atoms with E-state index >= 15 is 0 Å². The molecule has 3 aromatic heterocycles. The highest BCUT2D eigenvalue weighted by atomic mass is 35.5. The van der Waals surface area contributed by atoms with Crippen molar-refractivity contribution in [1.29, 1.82) is 0 Å². The van der Waals surface area contributed by atoms with Gasteiger partial charge in [-0.1, -0.05) is 29.8 Å². The second-order valence-corrected chi connectivity index (χ2v) is 7.80. The molecule has 0 fully saturated rings. The number of rotatable bonds is 6. The smallest absolute Gasteiger partial charge is 0.272 e. The fraction of sp³-hybridized carbons (Fsp3) is 0.263. The molecule has 1 N–H and O–H groups in total. The van der Waals surface area contributed by atoms with E-state index in [2.05, 4.69) is 15.5 Å². The van der Waals surface area contributed by atoms with Crippen LogP contribution in [-0.2, 0) is 24.8 Å². The number of nitrogens with one attached hydrogen (secondary N) is 1. The maximum Gasteiger partial charge on any atom is 0.272 e. The normalized spacial score (nSPS) is 11.4. The fourth-order valence-electron chi connectivity index (χ4n) is 3.15. The second kappa shape index (κ2) is 7.73. The standard InChI is InChI=1S/C19H18ClN5O2S/c1-24-18(27)17-14(9-10-28-17)25-15(22-23-19(24)25)7-4-8-16(26)21-11-12-5-2-3-6-13(12)20/h2-3,5-6,9-10H,4,7-8,11H2,1H3,(H,21,26). The highest BCUT2D eigenvalue weighted by molar-refractivity contribution is 7.17. The Kier molecular flexibility index (Phi) is 5.15. The lowest BCUT2D eigenvalue weighted by Gasteiger charge is -2.07. The third kappa shape index (κ3) is 3.41. The zero-order chi connectivity index (χ0) is 19.7. The van der Waals surface area contributed by atoms with Gasteiger partial charge < -0.3 is 5.32 Å². The summed E-state index contributed by atoms with van der Waals surface area (Å²) in [5, 5.41) is 13.8. The molecule has 0 saturated heterocycles. The van der Waals surface area contributed by atoms with Crippen molar-refractivity contribution >= 4 is 44.8 Å². The third-order valence-corrected chi connectivity index (χ3v) is 5.90. The Morgan fingerprint density at radius 3 is 2.89 bits per heavy atom. The van der Waals surface area contributed by atoms with Crippen LogP contribution in [0.2, 0.25) is 5.02 Å². The molecule has 0 aliphatic carbocycles. The van der Waals surface area contributed by atoms with Crippen LogP contribution in [0.5, 0.6) is 0 Å². The topological polar surface area (TPSA) is 81.3 Å². The first-order chi connectivity index (χ1) is 13.6. The molecule has 7 nitrogen and oxygen atoms in total. The predicted octanol–water partition coefficient (Wildman–Crippen LogP) is 2.94. The number of halogens is 1. The summed E-state index contributed by atoms with van der Waals surface area (Å²) in [6, 6.07) is 9.34. The molecule has 0 aliphatic rings. The fourth-order valence-corrected chi connectivity index (χ4v) is 4.20. The number of thiophene rings is 1. The maximum absolute atomic E-state index is 12.4. The summed E-state index contributed by atoms with van der Waals surface area (Å²) in [6.07, 6.45) is 1.59. The van der Waals surface area contributed by atoms with E-state index in [1.54, 1.807) is 13.1 Å². The van der Waals surface area contributed by atoms with Gasteiger partial charge in [0.25, 0.3) is 5.56 Å². The third-order valence-electron chi connectivity index (χ3n) is 4.64. The summed E-state index contributed by atoms with van der Waals surface area (Å²) in [4.78, 5) is 24.5. The first-order valence-electron chi connectivity index (χ1n) is 8.86. The molecule has 144 valence electrons. The van der Waals surface area contributed by atoms with Gasteiger partial charge in [0.15, 0.2) is 0 Å². The summed E-state index contributed by atoms with van der Waals surface area (Å²) < 4.78 is 4.08. The van der Waals surface area contributed by atoms with Crippen LogP contribution in [0.1, 0.15) is 24.2 Å². The average molecular weight is 416 g/mol. The molecule has 9 heteroatoms. The largest absolute Gasteiger partial charge is 0.352 e. The Morgan fingerprint density at radius 1 is 1.25 bits per heavy atom. The van der Waals surface area contributed by atoms with Crippen molar-refractivity contribution in [1.82, 2.24) is 24.5 Å². The molecular formula is C19H18ClN5O2S. The second-order valence-electron chi connectivity index (χ2n) is 6.47. The van der Waals surface area contributed by atoms with Crippen molar-refractivity contribution in [2.75, 3.05) is 0 Å². The summed E-state index contributed by atoms with van der Waals surface area (Å²) in [5.41, 5.74) is 1.63. The van der Waals surface area contributed by atoms with Gasteiger partial charge in [-0.05, 0) is 29.5 Å². The van der Waals surface area contributed by atoms with Gasteiger partial charge in [0, 0.05) is 31.5 Å². The molecule has 0 atom stereocenters. The van der Waals surface area contributed by atoms with Gasteiger partial charge in [0.05, 0.1) is 5.52 Å². The van der Waals surface area contributed by atoms with Crippen LogP contribution in [0.3, 0.4) is 0 Å². The molecule has 4 aromatic rings. The van der Waals surface area contributed by atoms with Crippen molar-refractivity contribution in [3.63, 3.8) is 0 Å². The summed E-state index contributed by atoms with van der Waals surface area (Å²) in [6.45, 7) is 0.407. The molecule has 0 radical (unpaired) electrons. The number of aryl methyl sites for hydroxylation is 2. The van der Waals surface area contributed by atoms with Crippen LogP contribution in [0.15, 0.2) is 40.5 Å². The van der Waals surface area contributed by atoms with Gasteiger partial charge >= 0.3 is 0 Å². The molecule has 3 heterocycles. The van der Waals surface area contributed by atoms with E-state index in [1.165, 1.54) is 15.9 Å². The Labute approximate surface area is 169 Å². The zero-order valence-electron chi connectivity index (χ0n) is 15.2. The van der Waals surface area contributed by atoms with Crippen molar-refractivity contribution in [3.8, 4) is 0 Å². The highest BCUT2D eigenvalue weighted by Crippen LogP contribution is 2.20. The number of amides is 1. The first kappa shape index (κ1) is 18.6. The molecule has 28 heavy (non-hydrogen) atoms. The van der Waals surface area contributed by atoms with Crippen LogP contribution >= 0.6 is 22.9 Å². The number of carbonyl (C=O) groups is 1. The molecule has 0 spiro atoms. The summed E-state index contributed by atoms with van der Waals surface area (Å²) in [5.74, 6) is 1.21. The van der Waals surface area contributed by atoms with Crippen LogP contribution in [0, 0.1) is 0 Å². The van der Waals surface area contributed by atoms with Crippen LogP contribution in [0.25, 0.3) is 16.0 Å². The summed E-state index contributed by atoms with van der Waals surface area (Å²) >= 11 is 7.51. The van der Waals surface area contributed by atoms with Gasteiger partial charge in [-0.25, -0.2) is 0 Å². The molecule has 0 saturated carbocycles. The minimum Gasteiger partial charge on any atom is -0.352 e. The highest BCUT2D eigenvalue weighted by Gasteiger charge is 2.15. The number of hydrogen-bond donors (Lipinski definition) is 1. The van der Waals surface area contributed by atoms with Gasteiger partial charge in [-0.3, -0.25) is 18.6 Å². The van der Waals surface area contributed by atoms with E-state index in [0.29, 0.717) is 41.3 Å². The lowest BCUT2D eigenvalue weighted by atomic mass is 10.2. The van der Waals surface area contributed by atoms with Crippen molar-refractivity contribution < 1.29 is 4.79 Å². The number of nitrogens with zero attached hydrogens (tertiary/aromatic N) is 4. The van der Waals surface area contributed by atoms with Crippen molar-refractivity contribution in [2.24, 2.45) is 7.05 Å². The van der Waals surface area contributed by atoms with E-state index < -0.39 is 0 Å². The Hall–Kier alpha value is -2.71. The van der Waals surface area contributed by atoms with Crippen molar-refractivity contribution in [2.45, 2.75) is 25.8 Å². The number of aromatic nitrogens is 4. The van der Waals surface area contributed by atoms with E-state index in [-0.39, 0.29) is 11.5 Å². The lowest BCUT2D eigenvalue weighted by Crippen LogP contribution is -2.22. The van der Waals surface area contributed by atoms with Gasteiger partial charge in [-0.2, -0.15) is 0 Å². The predicted molar refractivity (Wildman–Crippen MR) is 110 cm³/mol. The molecular weight excluding hydrogens is 398 g/mol. The maximum atomic E-state index is 12.4. The summed E-state index contributed by atoms with van der Waals surface area (Å²) in [7, 11) is 1.69. The van der Waals surface area contributed by atoms with Crippen LogP contribution in [0.4, 0.5) is 0 Å². The van der Waals surface area contributed by atoms with Crippen LogP contribution in [-0.4, -0.2) is 25.1 Å². The average Bonchev–Trinajstić information content (AvgIpc) is 3.32. The number of hydrogen-bond acceptors (Lipinski definition) is 5. The number of benzene rings is 1. The Morgan fingerprint density at radius 2 is 2.07 bits per heavy atom. The van der Waals surface area contributed by atoms with Crippen molar-refractivity contribution in [3.05, 3.63) is 62.5 Å². The molecule has 4 rings (SSSR count). The molecule has 0 bridgehead atoms. The number of fused-ring (bicyclic) bond motifs is 3. The quantitative estimate of drug-likeness (QED) is 0.525. The van der Waals surface area contributed by atoms with E-state index in [1.807, 2.05) is 34.0 Å². The van der Waals surface area contributed by atoms with Gasteiger partial charge in [0.2, 0.25) is 11.7 Å². The van der Waals surface area contributed by atoms with Gasteiger partial charge in [0.1, 0.15) is 10.5 Å². The molecule has 1 aromatic carbocycles. The lowest BCUT2D eigenvalue weighted by molar-refractivity contribution is -0.121. The molecule has 0 aliphatic heterocycles. The Balaban J connectivity index is 1.43. The SMILES string of the molecule is Cn1c(=O)c2sccc2n2c(CCCC(=O)NCc3ccccc3Cl)nnc12. The van der Waals surface area contributed by atoms with E-state index in [9.17, 15) is 9.59 Å². The number of carbonyl (C=O) groups excluding carboxylic acids is 1. The van der Waals surface area contributed by atoms with Gasteiger partial charge in [-0.15, -0.1) is 21.5 Å². The zero-order valence-corrected chi connectivity index (χ0v) is 16.8. The van der Waals surface area contributed by atoms with E-state index in [4.69, 9.17) is 11.6 Å². The minimum atomic E-state index is -0.0737. The minimum absolute atomic E-state index is 0.0400. The Bertz CT molecular complexity index is 1230. The monoisotopic (exact) mass is 415 g/mol. The van der Waals surface area contributed by atoms with E-state index in [0.717, 1.165) is 16.9 Å². The molecule has 1 amide bonds.